The van der Waals surface area contributed by atoms with Crippen LogP contribution in [0.1, 0.15) is 12.8 Å². The van der Waals surface area contributed by atoms with Gasteiger partial charge in [0.25, 0.3) is 0 Å². The summed E-state index contributed by atoms with van der Waals surface area (Å²) < 4.78 is 4.15. The molecule has 0 rings (SSSR count). The van der Waals surface area contributed by atoms with Gasteiger partial charge in [0.05, 0.1) is 0 Å². The minimum Gasteiger partial charge on any atom is -0.450 e. The third-order valence-corrected chi connectivity index (χ3v) is 0.765. The van der Waals surface area contributed by atoms with Gasteiger partial charge in [-0.25, -0.2) is 4.79 Å². The first kappa shape index (κ1) is 14.2. The summed E-state index contributed by atoms with van der Waals surface area (Å²) in [4.78, 5) is 18.9. The SMILES string of the molecule is O=C(CCCO)OCO.O=C(O)O. The van der Waals surface area contributed by atoms with Gasteiger partial charge in [-0.3, -0.25) is 4.79 Å². The van der Waals surface area contributed by atoms with Gasteiger partial charge in [-0.2, -0.15) is 0 Å². The van der Waals surface area contributed by atoms with E-state index in [1.165, 1.54) is 0 Å². The van der Waals surface area contributed by atoms with E-state index in [0.29, 0.717) is 6.42 Å². The standard InChI is InChI=1S/C5H10O4.CH2O3/c6-3-1-2-5(8)9-4-7;2-1(3)4/h6-7H,1-4H2;(H2,2,3,4). The van der Waals surface area contributed by atoms with Crippen molar-refractivity contribution in [3.63, 3.8) is 0 Å². The van der Waals surface area contributed by atoms with Crippen LogP contribution in [0.5, 0.6) is 0 Å². The summed E-state index contributed by atoms with van der Waals surface area (Å²) in [5.41, 5.74) is 0. The second-order valence-corrected chi connectivity index (χ2v) is 1.76. The number of carbonyl (C=O) groups excluding carboxylic acids is 1. The predicted octanol–water partition coefficient (Wildman–Crippen LogP) is -0.526. The maximum absolute atomic E-state index is 10.3. The van der Waals surface area contributed by atoms with Crippen molar-refractivity contribution in [3.05, 3.63) is 0 Å². The highest BCUT2D eigenvalue weighted by Crippen LogP contribution is 1.89. The number of rotatable bonds is 4. The van der Waals surface area contributed by atoms with Crippen molar-refractivity contribution < 1.29 is 34.8 Å². The number of ether oxygens (including phenoxy) is 1. The van der Waals surface area contributed by atoms with Crippen LogP contribution in [-0.2, 0) is 9.53 Å². The Morgan fingerprint density at radius 2 is 1.62 bits per heavy atom. The Kier molecular flexibility index (Phi) is 11.6. The summed E-state index contributed by atoms with van der Waals surface area (Å²) in [7, 11) is 0. The Balaban J connectivity index is 0. The van der Waals surface area contributed by atoms with E-state index >= 15 is 0 Å². The lowest BCUT2D eigenvalue weighted by Gasteiger charge is -1.96. The van der Waals surface area contributed by atoms with E-state index in [0.717, 1.165) is 0 Å². The molecule has 0 aliphatic rings. The number of hydrogen-bond acceptors (Lipinski definition) is 5. The molecule has 0 bridgehead atoms. The van der Waals surface area contributed by atoms with Gasteiger partial charge in [0, 0.05) is 13.0 Å². The molecule has 0 aliphatic heterocycles. The highest BCUT2D eigenvalue weighted by atomic mass is 16.6. The second-order valence-electron chi connectivity index (χ2n) is 1.76. The van der Waals surface area contributed by atoms with Crippen molar-refractivity contribution in [1.82, 2.24) is 0 Å². The van der Waals surface area contributed by atoms with Crippen LogP contribution in [0.3, 0.4) is 0 Å². The molecule has 7 heteroatoms. The molecule has 0 fully saturated rings. The molecule has 13 heavy (non-hydrogen) atoms. The molecule has 0 heterocycles. The zero-order chi connectivity index (χ0) is 10.7. The van der Waals surface area contributed by atoms with Crippen LogP contribution in [-0.4, -0.2) is 46.0 Å². The van der Waals surface area contributed by atoms with E-state index in [-0.39, 0.29) is 13.0 Å². The summed E-state index contributed by atoms with van der Waals surface area (Å²) in [6.07, 6.45) is -1.28. The van der Waals surface area contributed by atoms with Gasteiger partial charge in [-0.05, 0) is 6.42 Å². The largest absolute Gasteiger partial charge is 0.503 e. The molecule has 0 aromatic heterocycles. The average molecular weight is 196 g/mol. The molecule has 4 N–H and O–H groups in total. The Labute approximate surface area is 74.2 Å². The van der Waals surface area contributed by atoms with Crippen molar-refractivity contribution in [2.45, 2.75) is 12.8 Å². The summed E-state index contributed by atoms with van der Waals surface area (Å²) >= 11 is 0. The van der Waals surface area contributed by atoms with Crippen molar-refractivity contribution in [1.29, 1.82) is 0 Å². The lowest BCUT2D eigenvalue weighted by Crippen LogP contribution is -2.05. The molecule has 0 aromatic rings. The van der Waals surface area contributed by atoms with Crippen LogP contribution in [0.25, 0.3) is 0 Å². The van der Waals surface area contributed by atoms with E-state index in [1.54, 1.807) is 0 Å². The van der Waals surface area contributed by atoms with Gasteiger partial charge in [0.15, 0.2) is 6.79 Å². The molecular weight excluding hydrogens is 184 g/mol. The average Bonchev–Trinajstić information content (AvgIpc) is 2.00. The zero-order valence-electron chi connectivity index (χ0n) is 6.84. The normalized spacial score (nSPS) is 8.15. The molecule has 0 aliphatic carbocycles. The molecule has 0 radical (unpaired) electrons. The van der Waals surface area contributed by atoms with Gasteiger partial charge >= 0.3 is 12.1 Å². The monoisotopic (exact) mass is 196 g/mol. The fraction of sp³-hybridized carbons (Fsp3) is 0.667. The van der Waals surface area contributed by atoms with Crippen LogP contribution in [0.2, 0.25) is 0 Å². The van der Waals surface area contributed by atoms with Crippen LogP contribution in [0.4, 0.5) is 4.79 Å². The summed E-state index contributed by atoms with van der Waals surface area (Å²) in [6, 6.07) is 0. The number of hydrogen-bond donors (Lipinski definition) is 4. The molecular formula is C6H12O7. The Morgan fingerprint density at radius 3 is 1.92 bits per heavy atom. The summed E-state index contributed by atoms with van der Waals surface area (Å²) in [5, 5.41) is 30.2. The van der Waals surface area contributed by atoms with Gasteiger partial charge < -0.3 is 25.2 Å². The maximum atomic E-state index is 10.3. The quantitative estimate of drug-likeness (QED) is 0.352. The minimum atomic E-state index is -1.83. The molecule has 0 spiro atoms. The number of carbonyl (C=O) groups is 2. The minimum absolute atomic E-state index is 0.0273. The van der Waals surface area contributed by atoms with Crippen LogP contribution >= 0.6 is 0 Å². The van der Waals surface area contributed by atoms with Gasteiger partial charge in [0.1, 0.15) is 0 Å². The van der Waals surface area contributed by atoms with Gasteiger partial charge in [0.2, 0.25) is 0 Å². The highest BCUT2D eigenvalue weighted by Gasteiger charge is 1.98. The zero-order valence-corrected chi connectivity index (χ0v) is 6.84. The highest BCUT2D eigenvalue weighted by molar-refractivity contribution is 5.69. The Morgan fingerprint density at radius 1 is 1.15 bits per heavy atom. The Hall–Kier alpha value is -1.34. The van der Waals surface area contributed by atoms with Crippen molar-refractivity contribution in [2.75, 3.05) is 13.4 Å². The van der Waals surface area contributed by atoms with Crippen LogP contribution < -0.4 is 0 Å². The number of esters is 1. The Bertz CT molecular complexity index is 140. The smallest absolute Gasteiger partial charge is 0.450 e. The van der Waals surface area contributed by atoms with E-state index < -0.39 is 18.9 Å². The predicted molar refractivity (Wildman–Crippen MR) is 40.2 cm³/mol. The molecule has 7 nitrogen and oxygen atoms in total. The molecule has 0 saturated carbocycles. The summed E-state index contributed by atoms with van der Waals surface area (Å²) in [5.74, 6) is -0.480. The molecule has 0 atom stereocenters. The fourth-order valence-corrected chi connectivity index (χ4v) is 0.368. The number of aliphatic hydroxyl groups excluding tert-OH is 2. The summed E-state index contributed by atoms with van der Waals surface area (Å²) in [6.45, 7) is -0.606. The van der Waals surface area contributed by atoms with Gasteiger partial charge in [-0.1, -0.05) is 0 Å². The molecule has 0 aromatic carbocycles. The second kappa shape index (κ2) is 10.7. The van der Waals surface area contributed by atoms with Crippen LogP contribution in [0, 0.1) is 0 Å². The lowest BCUT2D eigenvalue weighted by molar-refractivity contribution is -0.152. The van der Waals surface area contributed by atoms with E-state index in [9.17, 15) is 4.79 Å². The maximum Gasteiger partial charge on any atom is 0.503 e. The topological polar surface area (TPSA) is 124 Å². The molecule has 0 amide bonds. The number of carboxylic acid groups (broad SMARTS) is 2. The number of aliphatic hydroxyl groups is 2. The van der Waals surface area contributed by atoms with E-state index in [1.807, 2.05) is 0 Å². The van der Waals surface area contributed by atoms with Crippen molar-refractivity contribution >= 4 is 12.1 Å². The fourth-order valence-electron chi connectivity index (χ4n) is 0.368. The van der Waals surface area contributed by atoms with Crippen LogP contribution in [0.15, 0.2) is 0 Å². The van der Waals surface area contributed by atoms with E-state index in [2.05, 4.69) is 4.74 Å². The third kappa shape index (κ3) is 25.0. The van der Waals surface area contributed by atoms with E-state index in [4.69, 9.17) is 25.2 Å². The molecule has 78 valence electrons. The first-order chi connectivity index (χ1) is 6.04. The van der Waals surface area contributed by atoms with Gasteiger partial charge in [-0.15, -0.1) is 0 Å². The molecule has 0 saturated heterocycles. The first-order valence-corrected chi connectivity index (χ1v) is 3.33. The van der Waals surface area contributed by atoms with Crippen molar-refractivity contribution in [2.24, 2.45) is 0 Å². The molecule has 0 unspecified atom stereocenters. The van der Waals surface area contributed by atoms with Crippen molar-refractivity contribution in [3.8, 4) is 0 Å². The lowest BCUT2D eigenvalue weighted by atomic mass is 10.3. The third-order valence-electron chi connectivity index (χ3n) is 0.765. The first-order valence-electron chi connectivity index (χ1n) is 3.33.